The first-order valence-electron chi connectivity index (χ1n) is 8.09. The van der Waals surface area contributed by atoms with E-state index < -0.39 is 0 Å². The van der Waals surface area contributed by atoms with Crippen molar-refractivity contribution in [3.8, 4) is 0 Å². The maximum absolute atomic E-state index is 12.4. The van der Waals surface area contributed by atoms with Gasteiger partial charge in [0.25, 0.3) is 5.91 Å². The van der Waals surface area contributed by atoms with Crippen molar-refractivity contribution in [1.82, 2.24) is 14.8 Å². The van der Waals surface area contributed by atoms with Crippen LogP contribution in [0.25, 0.3) is 0 Å². The van der Waals surface area contributed by atoms with Gasteiger partial charge in [-0.15, -0.1) is 11.8 Å². The van der Waals surface area contributed by atoms with Gasteiger partial charge < -0.3 is 5.32 Å². The summed E-state index contributed by atoms with van der Waals surface area (Å²) < 4.78 is 1.74. The molecule has 0 radical (unpaired) electrons. The van der Waals surface area contributed by atoms with Crippen LogP contribution < -0.4 is 5.32 Å². The van der Waals surface area contributed by atoms with E-state index in [0.717, 1.165) is 11.3 Å². The molecule has 1 N–H and O–H groups in total. The van der Waals surface area contributed by atoms with Crippen LogP contribution in [0, 0.1) is 0 Å². The van der Waals surface area contributed by atoms with Crippen LogP contribution >= 0.6 is 11.8 Å². The summed E-state index contributed by atoms with van der Waals surface area (Å²) in [6.45, 7) is 4.92. The minimum Gasteiger partial charge on any atom is -0.322 e. The number of anilines is 1. The molecule has 0 bridgehead atoms. The molecule has 0 saturated carbocycles. The lowest BCUT2D eigenvalue weighted by molar-refractivity contribution is 0.102. The molecule has 25 heavy (non-hydrogen) atoms. The molecule has 0 atom stereocenters. The molecule has 128 valence electrons. The number of amides is 1. The molecule has 6 heteroatoms. The summed E-state index contributed by atoms with van der Waals surface area (Å²) in [5.74, 6) is -0.112. The monoisotopic (exact) mass is 352 g/mol. The first-order chi connectivity index (χ1) is 12.1. The van der Waals surface area contributed by atoms with Crippen molar-refractivity contribution < 1.29 is 4.79 Å². The number of rotatable bonds is 6. The summed E-state index contributed by atoms with van der Waals surface area (Å²) in [6, 6.07) is 15.4. The van der Waals surface area contributed by atoms with Gasteiger partial charge in [0.15, 0.2) is 0 Å². The molecule has 1 amide bonds. The summed E-state index contributed by atoms with van der Waals surface area (Å²) in [4.78, 5) is 17.5. The van der Waals surface area contributed by atoms with Gasteiger partial charge in [0, 0.05) is 21.4 Å². The highest BCUT2D eigenvalue weighted by atomic mass is 32.2. The molecule has 0 aliphatic carbocycles. The van der Waals surface area contributed by atoms with Crippen molar-refractivity contribution in [2.45, 2.75) is 30.5 Å². The molecule has 3 rings (SSSR count). The van der Waals surface area contributed by atoms with E-state index >= 15 is 0 Å². The highest BCUT2D eigenvalue weighted by Crippen LogP contribution is 2.23. The molecule has 0 unspecified atom stereocenters. The van der Waals surface area contributed by atoms with Crippen LogP contribution in [0.5, 0.6) is 0 Å². The lowest BCUT2D eigenvalue weighted by Gasteiger charge is -2.09. The quantitative estimate of drug-likeness (QED) is 0.679. The normalized spacial score (nSPS) is 10.8. The number of hydrogen-bond acceptors (Lipinski definition) is 4. The summed E-state index contributed by atoms with van der Waals surface area (Å²) in [5.41, 5.74) is 2.46. The largest absolute Gasteiger partial charge is 0.322 e. The molecule has 0 saturated heterocycles. The Morgan fingerprint density at radius 3 is 2.68 bits per heavy atom. The average Bonchev–Trinajstić information content (AvgIpc) is 3.08. The van der Waals surface area contributed by atoms with Gasteiger partial charge >= 0.3 is 0 Å². The standard InChI is InChI=1S/C19H20N4OS/c1-14(2)25-18-8-6-16(7-9-18)19(24)22-17-5-3-4-15(10-17)11-23-13-20-12-21-23/h3-10,12-14H,11H2,1-2H3,(H,22,24). The van der Waals surface area contributed by atoms with E-state index in [1.807, 2.05) is 48.5 Å². The molecule has 1 heterocycles. The van der Waals surface area contributed by atoms with E-state index in [1.165, 1.54) is 11.2 Å². The van der Waals surface area contributed by atoms with Crippen molar-refractivity contribution in [3.63, 3.8) is 0 Å². The van der Waals surface area contributed by atoms with Crippen LogP contribution in [0.1, 0.15) is 29.8 Å². The zero-order valence-electron chi connectivity index (χ0n) is 14.2. The second kappa shape index (κ2) is 7.98. The third kappa shape index (κ3) is 4.93. The smallest absolute Gasteiger partial charge is 0.255 e. The number of carbonyl (C=O) groups excluding carboxylic acids is 1. The molecule has 0 aliphatic rings. The van der Waals surface area contributed by atoms with Gasteiger partial charge in [-0.2, -0.15) is 5.10 Å². The van der Waals surface area contributed by atoms with E-state index in [2.05, 4.69) is 29.2 Å². The third-order valence-corrected chi connectivity index (χ3v) is 4.50. The van der Waals surface area contributed by atoms with E-state index in [4.69, 9.17) is 0 Å². The predicted molar refractivity (Wildman–Crippen MR) is 101 cm³/mol. The van der Waals surface area contributed by atoms with E-state index in [9.17, 15) is 4.79 Å². The summed E-state index contributed by atoms with van der Waals surface area (Å²) in [6.07, 6.45) is 3.18. The third-order valence-electron chi connectivity index (χ3n) is 3.48. The van der Waals surface area contributed by atoms with Crippen molar-refractivity contribution in [3.05, 3.63) is 72.3 Å². The minimum absolute atomic E-state index is 0.112. The van der Waals surface area contributed by atoms with Crippen molar-refractivity contribution in [2.24, 2.45) is 0 Å². The number of nitrogens with one attached hydrogen (secondary N) is 1. The highest BCUT2D eigenvalue weighted by Gasteiger charge is 2.07. The van der Waals surface area contributed by atoms with Gasteiger partial charge in [0.2, 0.25) is 0 Å². The molecule has 5 nitrogen and oxygen atoms in total. The maximum atomic E-state index is 12.4. The summed E-state index contributed by atoms with van der Waals surface area (Å²) >= 11 is 1.78. The number of hydrogen-bond donors (Lipinski definition) is 1. The zero-order valence-corrected chi connectivity index (χ0v) is 15.0. The number of thioether (sulfide) groups is 1. The maximum Gasteiger partial charge on any atom is 0.255 e. The lowest BCUT2D eigenvalue weighted by Crippen LogP contribution is -2.12. The van der Waals surface area contributed by atoms with Crippen LogP contribution in [0.3, 0.4) is 0 Å². The van der Waals surface area contributed by atoms with Crippen molar-refractivity contribution in [1.29, 1.82) is 0 Å². The van der Waals surface area contributed by atoms with E-state index in [1.54, 1.807) is 22.8 Å². The average molecular weight is 352 g/mol. The lowest BCUT2D eigenvalue weighted by atomic mass is 10.1. The predicted octanol–water partition coefficient (Wildman–Crippen LogP) is 4.08. The highest BCUT2D eigenvalue weighted by molar-refractivity contribution is 7.99. The van der Waals surface area contributed by atoms with Crippen LogP contribution in [0.4, 0.5) is 5.69 Å². The molecular formula is C19H20N4OS. The Morgan fingerprint density at radius 1 is 1.20 bits per heavy atom. The second-order valence-electron chi connectivity index (χ2n) is 5.94. The number of carbonyl (C=O) groups is 1. The van der Waals surface area contributed by atoms with E-state index in [0.29, 0.717) is 17.4 Å². The summed E-state index contributed by atoms with van der Waals surface area (Å²) in [7, 11) is 0. The Bertz CT molecular complexity index is 829. The molecule has 0 aliphatic heterocycles. The van der Waals surface area contributed by atoms with Gasteiger partial charge in [0.1, 0.15) is 12.7 Å². The molecule has 0 fully saturated rings. The Balaban J connectivity index is 1.66. The van der Waals surface area contributed by atoms with Gasteiger partial charge in [-0.1, -0.05) is 26.0 Å². The Kier molecular flexibility index (Phi) is 5.50. The molecular weight excluding hydrogens is 332 g/mol. The van der Waals surface area contributed by atoms with Crippen LogP contribution in [-0.2, 0) is 6.54 Å². The Morgan fingerprint density at radius 2 is 2.00 bits per heavy atom. The fraction of sp³-hybridized carbons (Fsp3) is 0.211. The summed E-state index contributed by atoms with van der Waals surface area (Å²) in [5, 5.41) is 7.56. The number of aromatic nitrogens is 3. The molecule has 3 aromatic rings. The SMILES string of the molecule is CC(C)Sc1ccc(C(=O)Nc2cccc(Cn3cncn3)c2)cc1. The topological polar surface area (TPSA) is 59.8 Å². The first-order valence-corrected chi connectivity index (χ1v) is 8.97. The van der Waals surface area contributed by atoms with E-state index in [-0.39, 0.29) is 5.91 Å². The Labute approximate surface area is 151 Å². The first kappa shape index (κ1) is 17.2. The fourth-order valence-corrected chi connectivity index (χ4v) is 3.25. The van der Waals surface area contributed by atoms with Gasteiger partial charge in [0.05, 0.1) is 6.54 Å². The molecule has 2 aromatic carbocycles. The van der Waals surface area contributed by atoms with Gasteiger partial charge in [-0.05, 0) is 42.0 Å². The number of benzene rings is 2. The molecule has 0 spiro atoms. The second-order valence-corrected chi connectivity index (χ2v) is 7.59. The van der Waals surface area contributed by atoms with Crippen molar-refractivity contribution >= 4 is 23.4 Å². The minimum atomic E-state index is -0.112. The number of nitrogens with zero attached hydrogens (tertiary/aromatic N) is 3. The fourth-order valence-electron chi connectivity index (χ4n) is 2.41. The molecule has 1 aromatic heterocycles. The van der Waals surface area contributed by atoms with Gasteiger partial charge in [-0.3, -0.25) is 4.79 Å². The zero-order chi connectivity index (χ0) is 17.6. The van der Waals surface area contributed by atoms with Gasteiger partial charge in [-0.25, -0.2) is 9.67 Å². The van der Waals surface area contributed by atoms with Crippen LogP contribution in [0.15, 0.2) is 66.1 Å². The van der Waals surface area contributed by atoms with Crippen LogP contribution in [0.2, 0.25) is 0 Å². The van der Waals surface area contributed by atoms with Crippen molar-refractivity contribution in [2.75, 3.05) is 5.32 Å². The Hall–Kier alpha value is -2.60. The van der Waals surface area contributed by atoms with Crippen LogP contribution in [-0.4, -0.2) is 25.9 Å².